The third kappa shape index (κ3) is 6.88. The summed E-state index contributed by atoms with van der Waals surface area (Å²) in [7, 11) is -3.83. The molecule has 11 nitrogen and oxygen atoms in total. The molecule has 1 aliphatic heterocycles. The van der Waals surface area contributed by atoms with Crippen molar-refractivity contribution in [3.8, 4) is 5.75 Å². The van der Waals surface area contributed by atoms with Crippen LogP contribution >= 0.6 is 0 Å². The van der Waals surface area contributed by atoms with Crippen molar-refractivity contribution in [1.82, 2.24) is 9.88 Å². The van der Waals surface area contributed by atoms with Crippen LogP contribution in [0.25, 0.3) is 0 Å². The van der Waals surface area contributed by atoms with Crippen LogP contribution in [-0.2, 0) is 19.6 Å². The Balaban J connectivity index is 1.39. The number of rotatable bonds is 8. The van der Waals surface area contributed by atoms with Gasteiger partial charge in [0, 0.05) is 19.3 Å². The van der Waals surface area contributed by atoms with Gasteiger partial charge < -0.3 is 14.7 Å². The number of aromatic nitrogens is 1. The van der Waals surface area contributed by atoms with Crippen molar-refractivity contribution in [3.63, 3.8) is 0 Å². The minimum absolute atomic E-state index is 0.0193. The van der Waals surface area contributed by atoms with Gasteiger partial charge in [0.1, 0.15) is 17.1 Å². The summed E-state index contributed by atoms with van der Waals surface area (Å²) >= 11 is 0. The van der Waals surface area contributed by atoms with E-state index in [2.05, 4.69) is 19.9 Å². The molecule has 1 aliphatic rings. The zero-order valence-electron chi connectivity index (χ0n) is 19.8. The lowest BCUT2D eigenvalue weighted by molar-refractivity contribution is -0.135. The van der Waals surface area contributed by atoms with Crippen LogP contribution in [-0.4, -0.2) is 55.0 Å². The van der Waals surface area contributed by atoms with Gasteiger partial charge in [0.2, 0.25) is 0 Å². The zero-order valence-corrected chi connectivity index (χ0v) is 20.6. The predicted molar refractivity (Wildman–Crippen MR) is 134 cm³/mol. The molecule has 0 bridgehead atoms. The van der Waals surface area contributed by atoms with E-state index in [1.165, 1.54) is 54.7 Å². The number of azo groups is 1. The number of phenols is 1. The maximum absolute atomic E-state index is 12.5. The fourth-order valence-electron chi connectivity index (χ4n) is 3.62. The number of carbonyl (C=O) groups excluding carboxylic acids is 2. The lowest BCUT2D eigenvalue weighted by Crippen LogP contribution is -2.38. The number of likely N-dealkylation sites (tertiary alicyclic amines) is 1. The summed E-state index contributed by atoms with van der Waals surface area (Å²) in [4.78, 5) is 30.3. The number of ether oxygens (including phenoxy) is 1. The summed E-state index contributed by atoms with van der Waals surface area (Å²) in [5.41, 5.74) is 0.465. The molecular formula is C25H25N5O6S. The van der Waals surface area contributed by atoms with Crippen molar-refractivity contribution in [1.29, 1.82) is 0 Å². The van der Waals surface area contributed by atoms with Crippen molar-refractivity contribution in [3.05, 3.63) is 72.4 Å². The van der Waals surface area contributed by atoms with Crippen molar-refractivity contribution < 1.29 is 27.9 Å². The molecule has 0 atom stereocenters. The van der Waals surface area contributed by atoms with E-state index < -0.39 is 22.6 Å². The molecule has 0 unspecified atom stereocenters. The number of carbonyl (C=O) groups is 2. The largest absolute Gasteiger partial charge is 0.507 e. The van der Waals surface area contributed by atoms with E-state index in [0.717, 1.165) is 19.3 Å². The molecule has 1 amide bonds. The topological polar surface area (TPSA) is 151 Å². The molecule has 2 aromatic carbocycles. The minimum atomic E-state index is -3.83. The molecule has 0 radical (unpaired) electrons. The van der Waals surface area contributed by atoms with Crippen LogP contribution in [0.1, 0.15) is 29.6 Å². The maximum Gasteiger partial charge on any atom is 0.342 e. The molecule has 1 fully saturated rings. The number of amides is 1. The molecule has 12 heteroatoms. The molecule has 37 heavy (non-hydrogen) atoms. The first kappa shape index (κ1) is 25.8. The highest BCUT2D eigenvalue weighted by Gasteiger charge is 2.20. The number of piperidine rings is 1. The number of nitrogens with zero attached hydrogens (tertiary/aromatic N) is 4. The van der Waals surface area contributed by atoms with Crippen LogP contribution in [0.2, 0.25) is 0 Å². The summed E-state index contributed by atoms with van der Waals surface area (Å²) in [6.07, 6.45) is 4.40. The van der Waals surface area contributed by atoms with Gasteiger partial charge in [-0.1, -0.05) is 6.07 Å². The molecule has 2 heterocycles. The van der Waals surface area contributed by atoms with Crippen molar-refractivity contribution >= 4 is 39.1 Å². The SMILES string of the molecule is O=C(OCC(=O)N1CCCCC1)c1cc(N=Nc2ccc(S(=O)(=O)Nc3ccccn3)cc2)ccc1O. The molecule has 4 rings (SSSR count). The number of esters is 1. The van der Waals surface area contributed by atoms with Gasteiger partial charge in [-0.25, -0.2) is 18.2 Å². The maximum atomic E-state index is 12.5. The molecule has 1 saturated heterocycles. The zero-order chi connectivity index (χ0) is 26.3. The van der Waals surface area contributed by atoms with Gasteiger partial charge in [0.05, 0.1) is 16.3 Å². The normalized spacial score (nSPS) is 13.9. The molecule has 3 aromatic rings. The van der Waals surface area contributed by atoms with Gasteiger partial charge in [0.25, 0.3) is 15.9 Å². The average Bonchev–Trinajstić information content (AvgIpc) is 2.92. The van der Waals surface area contributed by atoms with E-state index >= 15 is 0 Å². The highest BCUT2D eigenvalue weighted by molar-refractivity contribution is 7.92. The quantitative estimate of drug-likeness (QED) is 0.332. The highest BCUT2D eigenvalue weighted by atomic mass is 32.2. The average molecular weight is 524 g/mol. The van der Waals surface area contributed by atoms with Crippen LogP contribution in [0.15, 0.2) is 82.0 Å². The summed E-state index contributed by atoms with van der Waals surface area (Å²) in [5, 5.41) is 18.2. The summed E-state index contributed by atoms with van der Waals surface area (Å²) in [6.45, 7) is 0.880. The monoisotopic (exact) mass is 523 g/mol. The summed E-state index contributed by atoms with van der Waals surface area (Å²) in [6, 6.07) is 14.6. The Bertz CT molecular complexity index is 1390. The van der Waals surface area contributed by atoms with E-state index in [0.29, 0.717) is 18.8 Å². The second kappa shape index (κ2) is 11.6. The third-order valence-corrected chi connectivity index (χ3v) is 6.94. The summed E-state index contributed by atoms with van der Waals surface area (Å²) in [5.74, 6) is -1.24. The predicted octanol–water partition coefficient (Wildman–Crippen LogP) is 4.17. The molecule has 0 saturated carbocycles. The van der Waals surface area contributed by atoms with Crippen LogP contribution < -0.4 is 4.72 Å². The Labute approximate surface area is 213 Å². The number of nitrogens with one attached hydrogen (secondary N) is 1. The lowest BCUT2D eigenvalue weighted by Gasteiger charge is -2.26. The van der Waals surface area contributed by atoms with Crippen LogP contribution in [0.5, 0.6) is 5.75 Å². The first-order valence-electron chi connectivity index (χ1n) is 11.6. The Hall–Kier alpha value is -4.32. The lowest BCUT2D eigenvalue weighted by atomic mass is 10.1. The Morgan fingerprint density at radius 1 is 0.973 bits per heavy atom. The van der Waals surface area contributed by atoms with Gasteiger partial charge in [-0.15, -0.1) is 0 Å². The number of aromatic hydroxyl groups is 1. The van der Waals surface area contributed by atoms with Crippen molar-refractivity contribution in [2.75, 3.05) is 24.4 Å². The third-order valence-electron chi connectivity index (χ3n) is 5.57. The number of phenolic OH excluding ortho intramolecular Hbond substituents is 1. The molecular weight excluding hydrogens is 498 g/mol. The molecule has 0 spiro atoms. The molecule has 0 aliphatic carbocycles. The standard InChI is InChI=1S/C25H25N5O6S/c31-22-12-9-19(16-21(22)25(33)36-17-24(32)30-14-4-1-5-15-30)28-27-18-7-10-20(11-8-18)37(34,35)29-23-6-2-3-13-26-23/h2-3,6-13,16,31H,1,4-5,14-15,17H2,(H,26,29). The Kier molecular flexibility index (Phi) is 8.08. The molecule has 1 aromatic heterocycles. The van der Waals surface area contributed by atoms with Crippen LogP contribution in [0.4, 0.5) is 17.2 Å². The van der Waals surface area contributed by atoms with Crippen LogP contribution in [0.3, 0.4) is 0 Å². The fourth-order valence-corrected chi connectivity index (χ4v) is 4.62. The van der Waals surface area contributed by atoms with Crippen molar-refractivity contribution in [2.24, 2.45) is 10.2 Å². The van der Waals surface area contributed by atoms with E-state index in [9.17, 15) is 23.1 Å². The van der Waals surface area contributed by atoms with E-state index in [-0.39, 0.29) is 33.6 Å². The smallest absolute Gasteiger partial charge is 0.342 e. The second-order valence-electron chi connectivity index (χ2n) is 8.23. The van der Waals surface area contributed by atoms with E-state index in [1.807, 2.05) is 0 Å². The first-order chi connectivity index (χ1) is 17.8. The highest BCUT2D eigenvalue weighted by Crippen LogP contribution is 2.26. The minimum Gasteiger partial charge on any atom is -0.507 e. The van der Waals surface area contributed by atoms with Crippen LogP contribution in [0, 0.1) is 0 Å². The first-order valence-corrected chi connectivity index (χ1v) is 13.0. The number of benzene rings is 2. The number of anilines is 1. The summed E-state index contributed by atoms with van der Waals surface area (Å²) < 4.78 is 32.5. The number of hydrogen-bond acceptors (Lipinski definition) is 9. The number of hydrogen-bond donors (Lipinski definition) is 2. The number of sulfonamides is 1. The molecule has 2 N–H and O–H groups in total. The van der Waals surface area contributed by atoms with Gasteiger partial charge in [-0.3, -0.25) is 9.52 Å². The van der Waals surface area contributed by atoms with Gasteiger partial charge in [-0.2, -0.15) is 10.2 Å². The molecule has 192 valence electrons. The number of pyridine rings is 1. The van der Waals surface area contributed by atoms with E-state index in [1.54, 1.807) is 17.0 Å². The fraction of sp³-hybridized carbons (Fsp3) is 0.240. The van der Waals surface area contributed by atoms with Gasteiger partial charge >= 0.3 is 5.97 Å². The van der Waals surface area contributed by atoms with Gasteiger partial charge in [0.15, 0.2) is 6.61 Å². The second-order valence-corrected chi connectivity index (χ2v) is 9.92. The van der Waals surface area contributed by atoms with E-state index in [4.69, 9.17) is 4.74 Å². The van der Waals surface area contributed by atoms with Gasteiger partial charge in [-0.05, 0) is 73.9 Å². The Morgan fingerprint density at radius 3 is 2.38 bits per heavy atom. The Morgan fingerprint density at radius 2 is 1.68 bits per heavy atom. The van der Waals surface area contributed by atoms with Crippen molar-refractivity contribution in [2.45, 2.75) is 24.2 Å².